The molecule has 0 amide bonds. The first kappa shape index (κ1) is 15.5. The normalized spacial score (nSPS) is 26.8. The van der Waals surface area contributed by atoms with Crippen LogP contribution in [-0.4, -0.2) is 36.6 Å². The molecule has 112 valence electrons. The van der Waals surface area contributed by atoms with E-state index in [1.807, 2.05) is 12.1 Å². The molecule has 20 heavy (non-hydrogen) atoms. The van der Waals surface area contributed by atoms with Crippen molar-refractivity contribution in [3.63, 3.8) is 0 Å². The number of hydrogen-bond donors (Lipinski definition) is 1. The Morgan fingerprint density at radius 3 is 2.70 bits per heavy atom. The molecule has 1 saturated heterocycles. The first-order valence-corrected chi connectivity index (χ1v) is 7.76. The van der Waals surface area contributed by atoms with Gasteiger partial charge in [-0.25, -0.2) is 4.39 Å². The maximum Gasteiger partial charge on any atom is 0.123 e. The number of halogens is 1. The molecule has 1 aliphatic heterocycles. The lowest BCUT2D eigenvalue weighted by molar-refractivity contribution is 0.155. The molecule has 1 fully saturated rings. The van der Waals surface area contributed by atoms with Crippen LogP contribution in [0.3, 0.4) is 0 Å². The number of rotatable bonds is 3. The minimum absolute atomic E-state index is 0.152. The summed E-state index contributed by atoms with van der Waals surface area (Å²) in [5.41, 5.74) is 1.22. The van der Waals surface area contributed by atoms with Crippen molar-refractivity contribution in [3.05, 3.63) is 35.6 Å². The standard InChI is InChI=1S/C17H27FN2/c1-13-11-19-14(2)8-9-20(12-13)15(3)10-16-4-6-17(18)7-5-16/h4-7,13-15,19H,8-12H2,1-3H3. The van der Waals surface area contributed by atoms with Crippen molar-refractivity contribution in [1.82, 2.24) is 10.2 Å². The molecule has 1 heterocycles. The zero-order chi connectivity index (χ0) is 14.5. The van der Waals surface area contributed by atoms with Crippen LogP contribution in [0.4, 0.5) is 4.39 Å². The summed E-state index contributed by atoms with van der Waals surface area (Å²) in [5.74, 6) is 0.523. The molecule has 3 heteroatoms. The van der Waals surface area contributed by atoms with Crippen molar-refractivity contribution in [2.24, 2.45) is 5.92 Å². The van der Waals surface area contributed by atoms with E-state index in [0.29, 0.717) is 18.0 Å². The Kier molecular flexibility index (Phi) is 5.55. The largest absolute Gasteiger partial charge is 0.314 e. The first-order valence-electron chi connectivity index (χ1n) is 7.76. The summed E-state index contributed by atoms with van der Waals surface area (Å²) in [5, 5.41) is 3.58. The fraction of sp³-hybridized carbons (Fsp3) is 0.647. The van der Waals surface area contributed by atoms with Crippen molar-refractivity contribution < 1.29 is 4.39 Å². The van der Waals surface area contributed by atoms with Crippen molar-refractivity contribution in [3.8, 4) is 0 Å². The van der Waals surface area contributed by atoms with Crippen LogP contribution in [-0.2, 0) is 6.42 Å². The summed E-state index contributed by atoms with van der Waals surface area (Å²) in [6, 6.07) is 8.04. The molecule has 2 nitrogen and oxygen atoms in total. The van der Waals surface area contributed by atoms with Crippen LogP contribution in [0.5, 0.6) is 0 Å². The van der Waals surface area contributed by atoms with E-state index >= 15 is 0 Å². The van der Waals surface area contributed by atoms with E-state index in [9.17, 15) is 4.39 Å². The van der Waals surface area contributed by atoms with E-state index in [2.05, 4.69) is 31.0 Å². The van der Waals surface area contributed by atoms with Gasteiger partial charge in [-0.2, -0.15) is 0 Å². The molecule has 1 aromatic carbocycles. The van der Waals surface area contributed by atoms with Gasteiger partial charge in [0.1, 0.15) is 5.82 Å². The van der Waals surface area contributed by atoms with Gasteiger partial charge in [0, 0.05) is 18.6 Å². The van der Waals surface area contributed by atoms with E-state index in [0.717, 1.165) is 26.1 Å². The molecule has 1 N–H and O–H groups in total. The number of hydrogen-bond acceptors (Lipinski definition) is 2. The Bertz CT molecular complexity index is 404. The Hall–Kier alpha value is -0.930. The van der Waals surface area contributed by atoms with Crippen LogP contribution < -0.4 is 5.32 Å². The lowest BCUT2D eigenvalue weighted by Gasteiger charge is -2.35. The third-order valence-electron chi connectivity index (χ3n) is 4.28. The lowest BCUT2D eigenvalue weighted by Crippen LogP contribution is -2.46. The van der Waals surface area contributed by atoms with Crippen molar-refractivity contribution in [2.45, 2.75) is 45.7 Å². The van der Waals surface area contributed by atoms with Gasteiger partial charge in [-0.1, -0.05) is 19.1 Å². The van der Waals surface area contributed by atoms with Gasteiger partial charge in [0.15, 0.2) is 0 Å². The Labute approximate surface area is 122 Å². The first-order chi connectivity index (χ1) is 9.54. The number of nitrogens with one attached hydrogen (secondary N) is 1. The maximum absolute atomic E-state index is 13.0. The van der Waals surface area contributed by atoms with E-state index in [1.165, 1.54) is 12.0 Å². The topological polar surface area (TPSA) is 15.3 Å². The average Bonchev–Trinajstić information content (AvgIpc) is 2.41. The van der Waals surface area contributed by atoms with E-state index in [4.69, 9.17) is 0 Å². The summed E-state index contributed by atoms with van der Waals surface area (Å²) >= 11 is 0. The zero-order valence-corrected chi connectivity index (χ0v) is 12.9. The Morgan fingerprint density at radius 1 is 1.30 bits per heavy atom. The van der Waals surface area contributed by atoms with Crippen LogP contribution in [0.1, 0.15) is 32.8 Å². The lowest BCUT2D eigenvalue weighted by atomic mass is 10.0. The molecule has 3 atom stereocenters. The zero-order valence-electron chi connectivity index (χ0n) is 12.9. The molecule has 0 radical (unpaired) electrons. The van der Waals surface area contributed by atoms with E-state index in [-0.39, 0.29) is 5.82 Å². The van der Waals surface area contributed by atoms with Gasteiger partial charge >= 0.3 is 0 Å². The smallest absolute Gasteiger partial charge is 0.123 e. The third kappa shape index (κ3) is 4.57. The van der Waals surface area contributed by atoms with Crippen LogP contribution in [0.15, 0.2) is 24.3 Å². The quantitative estimate of drug-likeness (QED) is 0.914. The monoisotopic (exact) mass is 278 g/mol. The predicted octanol–water partition coefficient (Wildman–Crippen LogP) is 3.08. The van der Waals surface area contributed by atoms with Crippen molar-refractivity contribution >= 4 is 0 Å². The average molecular weight is 278 g/mol. The van der Waals surface area contributed by atoms with Gasteiger partial charge in [0.2, 0.25) is 0 Å². The van der Waals surface area contributed by atoms with Crippen molar-refractivity contribution in [1.29, 1.82) is 0 Å². The van der Waals surface area contributed by atoms with Gasteiger partial charge in [0.25, 0.3) is 0 Å². The summed E-state index contributed by atoms with van der Waals surface area (Å²) in [6.07, 6.45) is 2.19. The molecule has 0 saturated carbocycles. The highest BCUT2D eigenvalue weighted by Gasteiger charge is 2.20. The SMILES string of the molecule is CC1CNC(C)CCN(C(C)Cc2ccc(F)cc2)C1. The highest BCUT2D eigenvalue weighted by molar-refractivity contribution is 5.17. The number of nitrogens with zero attached hydrogens (tertiary/aromatic N) is 1. The second-order valence-electron chi connectivity index (χ2n) is 6.38. The highest BCUT2D eigenvalue weighted by Crippen LogP contribution is 2.14. The van der Waals surface area contributed by atoms with Crippen molar-refractivity contribution in [2.75, 3.05) is 19.6 Å². The van der Waals surface area contributed by atoms with Gasteiger partial charge < -0.3 is 5.32 Å². The number of benzene rings is 1. The molecule has 1 aliphatic rings. The second-order valence-corrected chi connectivity index (χ2v) is 6.38. The molecular formula is C17H27FN2. The van der Waals surface area contributed by atoms with Crippen LogP contribution in [0.2, 0.25) is 0 Å². The summed E-state index contributed by atoms with van der Waals surface area (Å²) in [7, 11) is 0. The molecule has 1 aromatic rings. The summed E-state index contributed by atoms with van der Waals surface area (Å²) < 4.78 is 13.0. The fourth-order valence-corrected chi connectivity index (χ4v) is 2.91. The predicted molar refractivity (Wildman–Crippen MR) is 82.4 cm³/mol. The van der Waals surface area contributed by atoms with Crippen LogP contribution >= 0.6 is 0 Å². The minimum atomic E-state index is -0.152. The molecule has 3 unspecified atom stereocenters. The third-order valence-corrected chi connectivity index (χ3v) is 4.28. The molecular weight excluding hydrogens is 251 g/mol. The highest BCUT2D eigenvalue weighted by atomic mass is 19.1. The molecule has 0 aromatic heterocycles. The summed E-state index contributed by atoms with van der Waals surface area (Å²) in [6.45, 7) is 10.2. The van der Waals surface area contributed by atoms with Gasteiger partial charge in [-0.3, -0.25) is 4.90 Å². The van der Waals surface area contributed by atoms with Gasteiger partial charge in [-0.05, 0) is 63.4 Å². The molecule has 2 rings (SSSR count). The van der Waals surface area contributed by atoms with Crippen LogP contribution in [0, 0.1) is 11.7 Å². The molecule has 0 aliphatic carbocycles. The van der Waals surface area contributed by atoms with Crippen LogP contribution in [0.25, 0.3) is 0 Å². The molecule has 0 spiro atoms. The maximum atomic E-state index is 13.0. The molecule has 0 bridgehead atoms. The Balaban J connectivity index is 1.95. The van der Waals surface area contributed by atoms with Gasteiger partial charge in [-0.15, -0.1) is 0 Å². The Morgan fingerprint density at radius 2 is 2.00 bits per heavy atom. The van der Waals surface area contributed by atoms with Gasteiger partial charge in [0.05, 0.1) is 0 Å². The van der Waals surface area contributed by atoms with E-state index < -0.39 is 0 Å². The summed E-state index contributed by atoms with van der Waals surface area (Å²) in [4.78, 5) is 2.59. The minimum Gasteiger partial charge on any atom is -0.314 e. The van der Waals surface area contributed by atoms with E-state index in [1.54, 1.807) is 12.1 Å². The fourth-order valence-electron chi connectivity index (χ4n) is 2.91. The second kappa shape index (κ2) is 7.19.